The minimum Gasteiger partial charge on any atom is -0.453 e. The van der Waals surface area contributed by atoms with Gasteiger partial charge in [-0.05, 0) is 35.1 Å². The normalized spacial score (nSPS) is 11.0. The second-order valence-corrected chi connectivity index (χ2v) is 3.45. The van der Waals surface area contributed by atoms with Crippen LogP contribution in [-0.2, 0) is 6.54 Å². The van der Waals surface area contributed by atoms with Crippen LogP contribution < -0.4 is 0 Å². The van der Waals surface area contributed by atoms with Gasteiger partial charge in [-0.25, -0.2) is 0 Å². The Balaban J connectivity index is 2.41. The first-order valence-electron chi connectivity index (χ1n) is 3.76. The summed E-state index contributed by atoms with van der Waals surface area (Å²) in [6.07, 6.45) is 0. The Morgan fingerprint density at radius 1 is 1.58 bits per heavy atom. The number of furan rings is 1. The van der Waals surface area contributed by atoms with Gasteiger partial charge in [0.25, 0.3) is 0 Å². The van der Waals surface area contributed by atoms with Crippen molar-refractivity contribution in [3.8, 4) is 0 Å². The monoisotopic (exact) mass is 233 g/mol. The van der Waals surface area contributed by atoms with E-state index in [1.807, 2.05) is 24.1 Å². The smallest absolute Gasteiger partial charge is 0.169 e. The molecule has 3 nitrogen and oxygen atoms in total. The Bertz CT molecular complexity index is 237. The fourth-order valence-electron chi connectivity index (χ4n) is 0.953. The molecule has 1 aromatic rings. The summed E-state index contributed by atoms with van der Waals surface area (Å²) in [7, 11) is 1.94. The van der Waals surface area contributed by atoms with Crippen LogP contribution in [0.15, 0.2) is 21.2 Å². The zero-order valence-corrected chi connectivity index (χ0v) is 8.54. The second kappa shape index (κ2) is 4.64. The molecule has 1 aromatic heterocycles. The van der Waals surface area contributed by atoms with E-state index in [1.165, 1.54) is 0 Å². The molecule has 68 valence electrons. The van der Waals surface area contributed by atoms with E-state index in [9.17, 15) is 0 Å². The van der Waals surface area contributed by atoms with Gasteiger partial charge < -0.3 is 9.52 Å². The molecular formula is C8H12BrNO2. The maximum atomic E-state index is 8.64. The molecule has 1 heterocycles. The third kappa shape index (κ3) is 2.97. The third-order valence-electron chi connectivity index (χ3n) is 1.54. The summed E-state index contributed by atoms with van der Waals surface area (Å²) in [5.74, 6) is 0.901. The van der Waals surface area contributed by atoms with Crippen LogP contribution in [0.25, 0.3) is 0 Å². The van der Waals surface area contributed by atoms with Crippen LogP contribution in [0.4, 0.5) is 0 Å². The minimum atomic E-state index is 0.179. The van der Waals surface area contributed by atoms with Gasteiger partial charge >= 0.3 is 0 Å². The fraction of sp³-hybridized carbons (Fsp3) is 0.500. The summed E-state index contributed by atoms with van der Waals surface area (Å²) in [5, 5.41) is 8.64. The van der Waals surface area contributed by atoms with Crippen molar-refractivity contribution >= 4 is 15.9 Å². The second-order valence-electron chi connectivity index (χ2n) is 2.67. The van der Waals surface area contributed by atoms with Gasteiger partial charge in [-0.15, -0.1) is 0 Å². The Morgan fingerprint density at radius 2 is 2.33 bits per heavy atom. The molecule has 1 rings (SSSR count). The van der Waals surface area contributed by atoms with E-state index >= 15 is 0 Å². The van der Waals surface area contributed by atoms with Crippen molar-refractivity contribution in [1.29, 1.82) is 0 Å². The molecule has 1 N–H and O–H groups in total. The van der Waals surface area contributed by atoms with Gasteiger partial charge in [-0.1, -0.05) is 0 Å². The first-order valence-corrected chi connectivity index (χ1v) is 4.55. The van der Waals surface area contributed by atoms with Crippen molar-refractivity contribution in [3.05, 3.63) is 22.6 Å². The highest BCUT2D eigenvalue weighted by Gasteiger charge is 2.02. The van der Waals surface area contributed by atoms with Gasteiger partial charge in [0.1, 0.15) is 5.76 Å². The summed E-state index contributed by atoms with van der Waals surface area (Å²) in [6.45, 7) is 1.57. The van der Waals surface area contributed by atoms with Gasteiger partial charge in [0, 0.05) is 6.54 Å². The van der Waals surface area contributed by atoms with Crippen molar-refractivity contribution in [3.63, 3.8) is 0 Å². The molecule has 0 atom stereocenters. The summed E-state index contributed by atoms with van der Waals surface area (Å²) in [5.41, 5.74) is 0. The van der Waals surface area contributed by atoms with E-state index in [0.29, 0.717) is 6.54 Å². The van der Waals surface area contributed by atoms with E-state index < -0.39 is 0 Å². The van der Waals surface area contributed by atoms with E-state index in [2.05, 4.69) is 15.9 Å². The average Bonchev–Trinajstić information content (AvgIpc) is 2.36. The highest BCUT2D eigenvalue weighted by Crippen LogP contribution is 2.14. The Morgan fingerprint density at radius 3 is 2.83 bits per heavy atom. The molecule has 4 heteroatoms. The van der Waals surface area contributed by atoms with Crippen molar-refractivity contribution in [1.82, 2.24) is 4.90 Å². The molecular weight excluding hydrogens is 222 g/mol. The number of hydrogen-bond donors (Lipinski definition) is 1. The predicted molar refractivity (Wildman–Crippen MR) is 49.8 cm³/mol. The SMILES string of the molecule is CN(CCO)Cc1ccc(Br)o1. The van der Waals surface area contributed by atoms with Gasteiger partial charge in [0.2, 0.25) is 0 Å². The number of halogens is 1. The van der Waals surface area contributed by atoms with Crippen LogP contribution in [0.5, 0.6) is 0 Å². The largest absolute Gasteiger partial charge is 0.453 e. The maximum Gasteiger partial charge on any atom is 0.169 e. The van der Waals surface area contributed by atoms with Gasteiger partial charge in [-0.2, -0.15) is 0 Å². The Labute approximate surface area is 80.1 Å². The van der Waals surface area contributed by atoms with Gasteiger partial charge in [-0.3, -0.25) is 4.90 Å². The molecule has 0 unspecified atom stereocenters. The van der Waals surface area contributed by atoms with E-state index in [4.69, 9.17) is 9.52 Å². The molecule has 0 aliphatic rings. The average molecular weight is 234 g/mol. The van der Waals surface area contributed by atoms with E-state index in [1.54, 1.807) is 0 Å². The third-order valence-corrected chi connectivity index (χ3v) is 1.96. The van der Waals surface area contributed by atoms with Crippen LogP contribution in [-0.4, -0.2) is 30.2 Å². The lowest BCUT2D eigenvalue weighted by molar-refractivity contribution is 0.208. The molecule has 0 aliphatic heterocycles. The fourth-order valence-corrected chi connectivity index (χ4v) is 1.29. The maximum absolute atomic E-state index is 8.64. The quantitative estimate of drug-likeness (QED) is 0.856. The van der Waals surface area contributed by atoms with E-state index in [0.717, 1.165) is 17.0 Å². The molecule has 0 amide bonds. The highest BCUT2D eigenvalue weighted by molar-refractivity contribution is 9.10. The van der Waals surface area contributed by atoms with E-state index in [-0.39, 0.29) is 6.61 Å². The van der Waals surface area contributed by atoms with Gasteiger partial charge in [0.05, 0.1) is 13.2 Å². The molecule has 0 radical (unpaired) electrons. The van der Waals surface area contributed by atoms with Crippen LogP contribution in [0, 0.1) is 0 Å². The summed E-state index contributed by atoms with van der Waals surface area (Å²) in [6, 6.07) is 3.78. The molecule has 0 saturated carbocycles. The standard InChI is InChI=1S/C8H12BrNO2/c1-10(4-5-11)6-7-2-3-8(9)12-7/h2-3,11H,4-6H2,1H3. The summed E-state index contributed by atoms with van der Waals surface area (Å²) >= 11 is 3.23. The summed E-state index contributed by atoms with van der Waals surface area (Å²) < 4.78 is 6.04. The molecule has 12 heavy (non-hydrogen) atoms. The first kappa shape index (κ1) is 9.77. The van der Waals surface area contributed by atoms with Crippen molar-refractivity contribution in [2.24, 2.45) is 0 Å². The lowest BCUT2D eigenvalue weighted by atomic mass is 10.4. The van der Waals surface area contributed by atoms with Crippen molar-refractivity contribution in [2.75, 3.05) is 20.2 Å². The predicted octanol–water partition coefficient (Wildman–Crippen LogP) is 1.47. The molecule has 0 aliphatic carbocycles. The Kier molecular flexibility index (Phi) is 3.78. The number of likely N-dealkylation sites (N-methyl/N-ethyl adjacent to an activating group) is 1. The topological polar surface area (TPSA) is 36.6 Å². The first-order chi connectivity index (χ1) is 5.72. The molecule has 0 bridgehead atoms. The number of rotatable bonds is 4. The molecule has 0 fully saturated rings. The molecule has 0 spiro atoms. The van der Waals surface area contributed by atoms with Crippen LogP contribution in [0.3, 0.4) is 0 Å². The number of aliphatic hydroxyl groups is 1. The number of aliphatic hydroxyl groups excluding tert-OH is 1. The van der Waals surface area contributed by atoms with Gasteiger partial charge in [0.15, 0.2) is 4.67 Å². The highest BCUT2D eigenvalue weighted by atomic mass is 79.9. The zero-order chi connectivity index (χ0) is 8.97. The van der Waals surface area contributed by atoms with Crippen LogP contribution in [0.2, 0.25) is 0 Å². The lowest BCUT2D eigenvalue weighted by Crippen LogP contribution is -2.21. The van der Waals surface area contributed by atoms with Crippen LogP contribution >= 0.6 is 15.9 Å². The summed E-state index contributed by atoms with van der Waals surface area (Å²) in [4.78, 5) is 1.99. The van der Waals surface area contributed by atoms with Crippen LogP contribution in [0.1, 0.15) is 5.76 Å². The zero-order valence-electron chi connectivity index (χ0n) is 6.96. The number of hydrogen-bond acceptors (Lipinski definition) is 3. The molecule has 0 aromatic carbocycles. The molecule has 0 saturated heterocycles. The van der Waals surface area contributed by atoms with Crippen molar-refractivity contribution < 1.29 is 9.52 Å². The minimum absolute atomic E-state index is 0.179. The number of nitrogens with zero attached hydrogens (tertiary/aromatic N) is 1. The van der Waals surface area contributed by atoms with Crippen molar-refractivity contribution in [2.45, 2.75) is 6.54 Å². The Hall–Kier alpha value is -0.320. The lowest BCUT2D eigenvalue weighted by Gasteiger charge is -2.12.